The van der Waals surface area contributed by atoms with Crippen LogP contribution >= 0.6 is 0 Å². The molecule has 0 amide bonds. The van der Waals surface area contributed by atoms with Gasteiger partial charge in [0.1, 0.15) is 0 Å². The van der Waals surface area contributed by atoms with Gasteiger partial charge in [0.15, 0.2) is 0 Å². The van der Waals surface area contributed by atoms with Crippen molar-refractivity contribution in [2.45, 2.75) is 6.61 Å². The molecule has 1 heterocycles. The van der Waals surface area contributed by atoms with Crippen LogP contribution < -0.4 is 25.9 Å². The summed E-state index contributed by atoms with van der Waals surface area (Å²) in [5.74, 6) is 1.22. The van der Waals surface area contributed by atoms with Crippen molar-refractivity contribution >= 4 is 9.66 Å². The summed E-state index contributed by atoms with van der Waals surface area (Å²) in [4.78, 5) is 0. The van der Waals surface area contributed by atoms with Gasteiger partial charge in [0, 0.05) is 0 Å². The predicted octanol–water partition coefficient (Wildman–Crippen LogP) is 1.74. The Morgan fingerprint density at radius 1 is 0.875 bits per heavy atom. The molecule has 0 saturated heterocycles. The van der Waals surface area contributed by atoms with Gasteiger partial charge in [0.2, 0.25) is 0 Å². The van der Waals surface area contributed by atoms with Crippen LogP contribution in [0.2, 0.25) is 0 Å². The minimum atomic E-state index is -0.181. The number of fused-ring (bicyclic) bond motifs is 1. The number of benzene rings is 3. The monoisotopic (exact) mass is 427 g/mol. The number of hydrogen-bond donors (Lipinski definition) is 1. The van der Waals surface area contributed by atoms with E-state index in [1.165, 1.54) is 18.3 Å². The van der Waals surface area contributed by atoms with Gasteiger partial charge in [-0.3, -0.25) is 0 Å². The third kappa shape index (κ3) is 3.31. The van der Waals surface area contributed by atoms with Crippen LogP contribution in [-0.2, 0) is 6.61 Å². The van der Waals surface area contributed by atoms with Crippen LogP contribution in [0.4, 0.5) is 0 Å². The summed E-state index contributed by atoms with van der Waals surface area (Å²) < 4.78 is 8.59. The normalized spacial score (nSPS) is 12.9. The van der Waals surface area contributed by atoms with Crippen molar-refractivity contribution < 1.29 is 31.0 Å². The van der Waals surface area contributed by atoms with E-state index >= 15 is 0 Å². The molecule has 3 aromatic carbocycles. The zero-order chi connectivity index (χ0) is 16.4. The first-order valence-electron chi connectivity index (χ1n) is 7.75. The second-order valence-electron chi connectivity index (χ2n) is 5.59. The van der Waals surface area contributed by atoms with Gasteiger partial charge in [-0.2, -0.15) is 0 Å². The molecule has 1 N–H and O–H groups in total. The van der Waals surface area contributed by atoms with Gasteiger partial charge in [-0.1, -0.05) is 0 Å². The number of rotatable bonds is 4. The van der Waals surface area contributed by atoms with E-state index in [2.05, 4.69) is 30.3 Å². The molecule has 0 saturated carbocycles. The summed E-state index contributed by atoms with van der Waals surface area (Å²) in [6, 6.07) is 24.1. The topological polar surface area (TPSA) is 29.5 Å². The van der Waals surface area contributed by atoms with E-state index in [0.717, 1.165) is 11.3 Å². The van der Waals surface area contributed by atoms with E-state index in [0.29, 0.717) is 12.4 Å². The van der Waals surface area contributed by atoms with Crippen LogP contribution in [0.25, 0.3) is 9.66 Å². The average Bonchev–Trinajstić information content (AvgIpc) is 3.04. The molecule has 24 heavy (non-hydrogen) atoms. The van der Waals surface area contributed by atoms with Gasteiger partial charge in [-0.25, -0.2) is 0 Å². The Morgan fingerprint density at radius 3 is 2.46 bits per heavy atom. The summed E-state index contributed by atoms with van der Waals surface area (Å²) in [7, 11) is 0. The third-order valence-electron chi connectivity index (χ3n) is 3.84. The summed E-state index contributed by atoms with van der Waals surface area (Å²) in [5, 5.41) is 9.61. The molecule has 0 bridgehead atoms. The van der Waals surface area contributed by atoms with Gasteiger partial charge in [0.05, 0.1) is 0 Å². The number of phenols is 1. The minimum absolute atomic E-state index is 0.181. The van der Waals surface area contributed by atoms with Gasteiger partial charge in [-0.05, 0) is 0 Å². The molecular formula is C21H16IO2-. The van der Waals surface area contributed by atoms with Crippen molar-refractivity contribution in [3.8, 4) is 11.5 Å². The van der Waals surface area contributed by atoms with E-state index < -0.39 is 0 Å². The molecule has 3 heteroatoms. The van der Waals surface area contributed by atoms with E-state index in [-0.39, 0.29) is 21.2 Å². The maximum absolute atomic E-state index is 9.61. The molecule has 0 aliphatic carbocycles. The first-order valence-corrected chi connectivity index (χ1v) is 9.90. The van der Waals surface area contributed by atoms with Crippen molar-refractivity contribution in [2.75, 3.05) is 0 Å². The first kappa shape index (κ1) is 15.3. The SMILES string of the molecule is Oc1ccc2c(c1)C=C(c1ccc(OCc3ccccc3)cc1)[I-]2. The standard InChI is InChI=1S/C21H16IO2/c23-18-8-11-20-17(12-18)13-21(22-20)16-6-9-19(10-7-16)24-14-15-4-2-1-3-5-15/h1-13,23H,14H2/q-1. The molecule has 3 aromatic rings. The maximum atomic E-state index is 9.61. The van der Waals surface area contributed by atoms with Crippen LogP contribution in [0, 0.1) is 3.57 Å². The van der Waals surface area contributed by atoms with Gasteiger partial charge < -0.3 is 0 Å². The van der Waals surface area contributed by atoms with E-state index in [4.69, 9.17) is 4.74 Å². The zero-order valence-electron chi connectivity index (χ0n) is 12.9. The number of halogens is 1. The first-order chi connectivity index (χ1) is 11.8. The molecule has 2 nitrogen and oxygen atoms in total. The van der Waals surface area contributed by atoms with Crippen LogP contribution in [0.1, 0.15) is 16.7 Å². The van der Waals surface area contributed by atoms with Crippen molar-refractivity contribution in [3.63, 3.8) is 0 Å². The van der Waals surface area contributed by atoms with Crippen LogP contribution in [0.3, 0.4) is 0 Å². The predicted molar refractivity (Wildman–Crippen MR) is 91.9 cm³/mol. The molecule has 0 fully saturated rings. The Bertz CT molecular complexity index is 883. The third-order valence-corrected chi connectivity index (χ3v) is 6.92. The van der Waals surface area contributed by atoms with E-state index in [1.807, 2.05) is 42.5 Å². The van der Waals surface area contributed by atoms with E-state index in [1.54, 1.807) is 6.07 Å². The summed E-state index contributed by atoms with van der Waals surface area (Å²) in [6.45, 7) is 0.584. The summed E-state index contributed by atoms with van der Waals surface area (Å²) in [6.07, 6.45) is 2.20. The zero-order valence-corrected chi connectivity index (χ0v) is 15.1. The molecule has 0 spiro atoms. The Morgan fingerprint density at radius 2 is 1.67 bits per heavy atom. The summed E-state index contributed by atoms with van der Waals surface area (Å²) in [5.41, 5.74) is 3.56. The molecule has 1 aliphatic rings. The van der Waals surface area contributed by atoms with Crippen LogP contribution in [0.5, 0.6) is 11.5 Å². The molecular weight excluding hydrogens is 411 g/mol. The molecule has 0 radical (unpaired) electrons. The van der Waals surface area contributed by atoms with Gasteiger partial charge in [-0.15, -0.1) is 0 Å². The second kappa shape index (κ2) is 6.69. The average molecular weight is 427 g/mol. The van der Waals surface area contributed by atoms with Crippen molar-refractivity contribution in [1.82, 2.24) is 0 Å². The Labute approximate surface area is 151 Å². The number of hydrogen-bond acceptors (Lipinski definition) is 2. The fourth-order valence-electron chi connectivity index (χ4n) is 2.59. The van der Waals surface area contributed by atoms with Crippen molar-refractivity contribution in [1.29, 1.82) is 0 Å². The fourth-order valence-corrected chi connectivity index (χ4v) is 5.36. The molecule has 1 aliphatic heterocycles. The number of aromatic hydroxyl groups is 1. The summed E-state index contributed by atoms with van der Waals surface area (Å²) >= 11 is -0.181. The molecule has 0 unspecified atom stereocenters. The van der Waals surface area contributed by atoms with Crippen molar-refractivity contribution in [2.24, 2.45) is 0 Å². The van der Waals surface area contributed by atoms with Crippen LogP contribution in [0.15, 0.2) is 72.8 Å². The number of phenolic OH excluding ortho intramolecular Hbond substituents is 1. The van der Waals surface area contributed by atoms with E-state index in [9.17, 15) is 5.11 Å². The van der Waals surface area contributed by atoms with Gasteiger partial charge >= 0.3 is 152 Å². The fraction of sp³-hybridized carbons (Fsp3) is 0.0476. The Kier molecular flexibility index (Phi) is 4.26. The molecule has 0 aromatic heterocycles. The molecule has 0 atom stereocenters. The molecule has 120 valence electrons. The molecule has 4 rings (SSSR count). The number of ether oxygens (including phenoxy) is 1. The quantitative estimate of drug-likeness (QED) is 0.644. The second-order valence-corrected chi connectivity index (χ2v) is 8.45. The van der Waals surface area contributed by atoms with Gasteiger partial charge in [0.25, 0.3) is 0 Å². The Hall–Kier alpha value is -2.27. The Balaban J connectivity index is 1.46. The van der Waals surface area contributed by atoms with Crippen LogP contribution in [-0.4, -0.2) is 5.11 Å². The van der Waals surface area contributed by atoms with Crippen molar-refractivity contribution in [3.05, 3.63) is 93.1 Å².